The molecular formula is C48H58O28. The first-order valence-corrected chi connectivity index (χ1v) is 23.3. The lowest BCUT2D eigenvalue weighted by atomic mass is 9.95. The van der Waals surface area contributed by atoms with Crippen LogP contribution in [-0.4, -0.2) is 172 Å². The number of carbonyl (C=O) groups excluding carboxylic acids is 10. The number of hydrogen-bond donors (Lipinski definition) is 0. The van der Waals surface area contributed by atoms with Gasteiger partial charge in [0.05, 0.1) is 0 Å². The summed E-state index contributed by atoms with van der Waals surface area (Å²) < 4.78 is 98.5. The third-order valence-corrected chi connectivity index (χ3v) is 11.0. The molecule has 3 aliphatic heterocycles. The Morgan fingerprint density at radius 2 is 0.737 bits per heavy atom. The Morgan fingerprint density at radius 3 is 1.12 bits per heavy atom. The molecule has 76 heavy (non-hydrogen) atoms. The van der Waals surface area contributed by atoms with E-state index in [2.05, 4.69) is 0 Å². The van der Waals surface area contributed by atoms with Crippen molar-refractivity contribution in [3.8, 4) is 5.75 Å². The molecule has 0 bridgehead atoms. The highest BCUT2D eigenvalue weighted by molar-refractivity contribution is 5.81. The molecule has 0 unspecified atom stereocenters. The summed E-state index contributed by atoms with van der Waals surface area (Å²) >= 11 is 0. The van der Waals surface area contributed by atoms with E-state index in [-0.39, 0.29) is 11.3 Å². The molecular weight excluding hydrogens is 1020 g/mol. The maximum absolute atomic E-state index is 13.1. The minimum Gasteiger partial charge on any atom is -0.463 e. The van der Waals surface area contributed by atoms with Crippen LogP contribution < -0.4 is 10.4 Å². The second-order valence-corrected chi connectivity index (χ2v) is 17.3. The molecule has 3 aliphatic rings. The van der Waals surface area contributed by atoms with Crippen molar-refractivity contribution in [2.75, 3.05) is 19.8 Å². The third kappa shape index (κ3) is 16.4. The van der Waals surface area contributed by atoms with Crippen molar-refractivity contribution in [1.29, 1.82) is 0 Å². The van der Waals surface area contributed by atoms with E-state index in [1.54, 1.807) is 13.0 Å². The zero-order valence-corrected chi connectivity index (χ0v) is 43.0. The number of fused-ring (bicyclic) bond motifs is 1. The van der Waals surface area contributed by atoms with Gasteiger partial charge in [0.2, 0.25) is 12.4 Å². The summed E-state index contributed by atoms with van der Waals surface area (Å²) in [5.74, 6) is -9.72. The van der Waals surface area contributed by atoms with Gasteiger partial charge in [-0.05, 0) is 24.6 Å². The van der Waals surface area contributed by atoms with Gasteiger partial charge < -0.3 is 80.2 Å². The van der Waals surface area contributed by atoms with Crippen LogP contribution in [0.3, 0.4) is 0 Å². The summed E-state index contributed by atoms with van der Waals surface area (Å²) in [6.07, 6.45) is -27.4. The maximum Gasteiger partial charge on any atom is 0.336 e. The first-order valence-electron chi connectivity index (χ1n) is 23.3. The summed E-state index contributed by atoms with van der Waals surface area (Å²) in [6, 6.07) is 5.64. The van der Waals surface area contributed by atoms with E-state index >= 15 is 0 Å². The molecule has 2 aromatic rings. The summed E-state index contributed by atoms with van der Waals surface area (Å²) in [6.45, 7) is 9.36. The number of ether oxygens (including phenoxy) is 16. The van der Waals surface area contributed by atoms with Gasteiger partial charge in [-0.1, -0.05) is 0 Å². The van der Waals surface area contributed by atoms with Gasteiger partial charge in [0, 0.05) is 86.8 Å². The van der Waals surface area contributed by atoms with Crippen LogP contribution in [0.25, 0.3) is 11.0 Å². The molecule has 15 atom stereocenters. The molecule has 1 aromatic carbocycles. The first-order chi connectivity index (χ1) is 35.7. The van der Waals surface area contributed by atoms with Gasteiger partial charge >= 0.3 is 65.3 Å². The zero-order chi connectivity index (χ0) is 56.3. The highest BCUT2D eigenvalue weighted by atomic mass is 16.8. The molecule has 0 spiro atoms. The van der Waals surface area contributed by atoms with Gasteiger partial charge in [0.1, 0.15) is 61.7 Å². The predicted molar refractivity (Wildman–Crippen MR) is 242 cm³/mol. The van der Waals surface area contributed by atoms with Gasteiger partial charge in [0.25, 0.3) is 0 Å². The molecule has 0 saturated carbocycles. The fourth-order valence-corrected chi connectivity index (χ4v) is 8.36. The molecule has 1 aromatic heterocycles. The van der Waals surface area contributed by atoms with Gasteiger partial charge in [-0.15, -0.1) is 0 Å². The molecule has 28 nitrogen and oxygen atoms in total. The van der Waals surface area contributed by atoms with Gasteiger partial charge in [-0.25, -0.2) is 4.79 Å². The maximum atomic E-state index is 13.1. The Hall–Kier alpha value is -7.27. The largest absolute Gasteiger partial charge is 0.463 e. The molecule has 5 rings (SSSR count). The van der Waals surface area contributed by atoms with Crippen LogP contribution in [0.2, 0.25) is 0 Å². The third-order valence-electron chi connectivity index (χ3n) is 11.0. The lowest BCUT2D eigenvalue weighted by molar-refractivity contribution is -0.377. The number of carbonyl (C=O) groups is 10. The average Bonchev–Trinajstić information content (AvgIpc) is 3.28. The first kappa shape index (κ1) is 59.6. The SMILES string of the molecule is CC(=O)OC[C@@H]1O[C@H](O[C@H]2[C@H](OC(C)=O)[C@@H](OC(C)=O)[C@H](O[C@H]3[C@H](OC(C)=O)[C@@H](OC(C)=O)[C@H](Oc4ccc5c(C)cc(=O)oc5c4)O[C@@H]3COC(C)=O)O[C@@H]2COC(C)=O)[C@@H](OC(C)=O)[C@H](OC(C)=O)[C@H]1OC(C)=O. The predicted octanol–water partition coefficient (Wildman–Crippen LogP) is 0.637. The van der Waals surface area contributed by atoms with E-state index in [9.17, 15) is 52.7 Å². The van der Waals surface area contributed by atoms with Crippen molar-refractivity contribution in [3.05, 3.63) is 40.2 Å². The molecule has 418 valence electrons. The summed E-state index contributed by atoms with van der Waals surface area (Å²) in [5, 5.41) is 0.534. The van der Waals surface area contributed by atoms with Crippen LogP contribution in [0.5, 0.6) is 5.75 Å². The number of hydrogen-bond acceptors (Lipinski definition) is 28. The van der Waals surface area contributed by atoms with E-state index in [1.807, 2.05) is 0 Å². The second kappa shape index (κ2) is 26.5. The van der Waals surface area contributed by atoms with Gasteiger partial charge in [-0.2, -0.15) is 0 Å². The number of rotatable bonds is 19. The van der Waals surface area contributed by atoms with Crippen LogP contribution in [0.1, 0.15) is 74.8 Å². The lowest BCUT2D eigenvalue weighted by Crippen LogP contribution is -2.69. The Labute approximate surface area is 432 Å². The quantitative estimate of drug-likeness (QED) is 0.106. The van der Waals surface area contributed by atoms with E-state index in [4.69, 9.17) is 80.2 Å². The molecule has 0 radical (unpaired) electrons. The highest BCUT2D eigenvalue weighted by Gasteiger charge is 2.60. The topological polar surface area (TPSA) is 349 Å². The molecule has 28 heteroatoms. The van der Waals surface area contributed by atoms with Crippen molar-refractivity contribution < 1.29 is 128 Å². The lowest BCUT2D eigenvalue weighted by Gasteiger charge is -2.50. The zero-order valence-electron chi connectivity index (χ0n) is 43.0. The van der Waals surface area contributed by atoms with Crippen molar-refractivity contribution in [2.45, 2.75) is 168 Å². The van der Waals surface area contributed by atoms with Crippen molar-refractivity contribution >= 4 is 70.7 Å². The number of benzene rings is 1. The average molecular weight is 1080 g/mol. The Balaban J connectivity index is 1.65. The molecule has 0 N–H and O–H groups in total. The molecule has 0 amide bonds. The van der Waals surface area contributed by atoms with Crippen molar-refractivity contribution in [1.82, 2.24) is 0 Å². The Bertz CT molecular complexity index is 2550. The van der Waals surface area contributed by atoms with E-state index < -0.39 is 177 Å². The monoisotopic (exact) mass is 1080 g/mol. The summed E-state index contributed by atoms with van der Waals surface area (Å²) in [5.41, 5.74) is -0.0149. The van der Waals surface area contributed by atoms with E-state index in [0.717, 1.165) is 69.2 Å². The van der Waals surface area contributed by atoms with Crippen LogP contribution in [0, 0.1) is 6.92 Å². The summed E-state index contributed by atoms with van der Waals surface area (Å²) in [4.78, 5) is 139. The van der Waals surface area contributed by atoms with E-state index in [0.29, 0.717) is 10.9 Å². The summed E-state index contributed by atoms with van der Waals surface area (Å²) in [7, 11) is 0. The normalized spacial score (nSPS) is 29.0. The molecule has 3 fully saturated rings. The van der Waals surface area contributed by atoms with Crippen molar-refractivity contribution in [2.24, 2.45) is 0 Å². The van der Waals surface area contributed by atoms with Gasteiger partial charge in [0.15, 0.2) is 49.2 Å². The Morgan fingerprint density at radius 1 is 0.408 bits per heavy atom. The number of esters is 10. The fraction of sp³-hybridized carbons (Fsp3) is 0.604. The standard InChI is InChI=1S/C48H58O28/c1-19-14-36(59)71-32-15-30(12-13-31(19)32)70-46-43(67-27(9)56)41(65-25(7)54)38(34(72-46)17-61-21(3)50)75-48-45(69-29(11)58)42(66-26(8)55)39(35(74-48)18-62-22(4)51)76-47-44(68-28(10)57)40(64-24(6)53)37(63-23(5)52)33(73-47)16-60-20(2)49/h12-15,33-35,37-48H,16-18H2,1-11H3/t33-,34+,35+,37-,38+,39+,40+,41-,42-,43+,44-,45+,46+,47+,48-/m0/s1. The van der Waals surface area contributed by atoms with E-state index in [1.165, 1.54) is 18.2 Å². The van der Waals surface area contributed by atoms with Crippen LogP contribution >= 0.6 is 0 Å². The number of aryl methyl sites for hydroxylation is 1. The molecule has 0 aliphatic carbocycles. The minimum absolute atomic E-state index is 0.0265. The molecule has 4 heterocycles. The smallest absolute Gasteiger partial charge is 0.336 e. The molecule has 3 saturated heterocycles. The van der Waals surface area contributed by atoms with Gasteiger partial charge in [-0.3, -0.25) is 47.9 Å². The minimum atomic E-state index is -2.07. The second-order valence-electron chi connectivity index (χ2n) is 17.3. The fourth-order valence-electron chi connectivity index (χ4n) is 8.36. The van der Waals surface area contributed by atoms with Crippen molar-refractivity contribution in [3.63, 3.8) is 0 Å². The Kier molecular flexibility index (Phi) is 20.8. The van der Waals surface area contributed by atoms with Crippen LogP contribution in [0.15, 0.2) is 33.5 Å². The highest BCUT2D eigenvalue weighted by Crippen LogP contribution is 2.39. The van der Waals surface area contributed by atoms with Crippen LogP contribution in [-0.2, 0) is 119 Å². The van der Waals surface area contributed by atoms with Crippen LogP contribution in [0.4, 0.5) is 0 Å².